The number of likely N-dealkylation sites (N-methyl/N-ethyl adjacent to an activating group) is 1. The summed E-state index contributed by atoms with van der Waals surface area (Å²) >= 11 is 0. The Balaban J connectivity index is 0.000000148. The highest BCUT2D eigenvalue weighted by Gasteiger charge is 2.48. The summed E-state index contributed by atoms with van der Waals surface area (Å²) in [6.07, 6.45) is 7.85. The molecule has 3 fully saturated rings. The van der Waals surface area contributed by atoms with Crippen molar-refractivity contribution in [3.8, 4) is 73.4 Å². The van der Waals surface area contributed by atoms with Crippen LogP contribution in [0.4, 0.5) is 81.5 Å². The van der Waals surface area contributed by atoms with Crippen LogP contribution in [0.3, 0.4) is 0 Å². The summed E-state index contributed by atoms with van der Waals surface area (Å²) in [7, 11) is 1.20. The summed E-state index contributed by atoms with van der Waals surface area (Å²) in [5.41, 5.74) is -9.87. The van der Waals surface area contributed by atoms with Crippen molar-refractivity contribution in [1.29, 1.82) is 0 Å². The fraction of sp³-hybridized carbons (Fsp3) is 0.284. The van der Waals surface area contributed by atoms with E-state index in [1.54, 1.807) is 78.5 Å². The number of amides is 5. The molecule has 41 heteroatoms. The van der Waals surface area contributed by atoms with Crippen molar-refractivity contribution in [3.05, 3.63) is 246 Å². The van der Waals surface area contributed by atoms with E-state index in [1.807, 2.05) is 13.8 Å². The second-order valence-corrected chi connectivity index (χ2v) is 34.2. The van der Waals surface area contributed by atoms with Crippen LogP contribution in [0.25, 0.3) is 83.2 Å². The lowest BCUT2D eigenvalue weighted by atomic mass is 9.97. The summed E-state index contributed by atoms with van der Waals surface area (Å²) in [6, 6.07) is 5.27. The first-order chi connectivity index (χ1) is 64.5. The Labute approximate surface area is 764 Å². The van der Waals surface area contributed by atoms with Crippen molar-refractivity contribution in [2.24, 2.45) is 0 Å². The van der Waals surface area contributed by atoms with E-state index in [0.717, 1.165) is 55.0 Å². The summed E-state index contributed by atoms with van der Waals surface area (Å²) in [6.45, 7) is 27.7. The van der Waals surface area contributed by atoms with Crippen LogP contribution in [-0.2, 0) is 24.0 Å². The van der Waals surface area contributed by atoms with Crippen LogP contribution in [0.2, 0.25) is 0 Å². The molecule has 0 saturated carbocycles. The Morgan fingerprint density at radius 3 is 1.24 bits per heavy atom. The first kappa shape index (κ1) is 93.7. The van der Waals surface area contributed by atoms with E-state index in [1.165, 1.54) is 50.1 Å². The molecular formula is C95H83F12N17O12. The van der Waals surface area contributed by atoms with Crippen LogP contribution in [-0.4, -0.2) is 193 Å². The zero-order valence-electron chi connectivity index (χ0n) is 74.4. The van der Waals surface area contributed by atoms with Crippen molar-refractivity contribution in [1.82, 2.24) is 58.3 Å². The number of hydrogen-bond acceptors (Lipinski definition) is 21. The number of halogens is 12. The number of nitrogens with one attached hydrogen (secondary N) is 1. The molecule has 0 bridgehead atoms. The van der Waals surface area contributed by atoms with Gasteiger partial charge in [-0.05, 0) is 135 Å². The van der Waals surface area contributed by atoms with E-state index in [9.17, 15) is 66.8 Å². The van der Waals surface area contributed by atoms with Crippen LogP contribution < -0.4 is 46.7 Å². The van der Waals surface area contributed by atoms with E-state index in [4.69, 9.17) is 4.74 Å². The SMILES string of the molecule is C=CC(=O)N1CC(C)N2c3nc(=O)n(-c4c(C)ccnc4C(C)C)c4c(F)c(-c5c(O)ccc(F)c5F)c(F)c(c34)OCC2C1.C=CC(=O)N1CCN2c3nc(=O)n(-c4c(C)ccnc4C(C)C)c4c(F)c(-c5c(O)ccc(F)c5F)c(F)c(c34)N(C)C(=O)C2C1.C=CC(=O)N1CCN2c3nc(=O)n(-c4c(C)ccnc4C(C)C)c4c(F)c(-c5c(O)ccc(F)c5F)c(F)c(c34)NC(=O)C2C1. The number of piperazine rings is 3. The van der Waals surface area contributed by atoms with E-state index in [2.05, 4.69) is 55.0 Å². The van der Waals surface area contributed by atoms with Crippen LogP contribution >= 0.6 is 0 Å². The zero-order valence-corrected chi connectivity index (χ0v) is 74.4. The molecule has 18 rings (SSSR count). The molecular weight excluding hydrogens is 1800 g/mol. The summed E-state index contributed by atoms with van der Waals surface area (Å²) in [5.74, 6) is -26.4. The van der Waals surface area contributed by atoms with Gasteiger partial charge in [-0.2, -0.15) is 15.0 Å². The van der Waals surface area contributed by atoms with Crippen molar-refractivity contribution in [2.75, 3.05) is 90.9 Å². The number of nitrogens with zero attached hydrogens (tertiary/aromatic N) is 16. The van der Waals surface area contributed by atoms with Gasteiger partial charge in [0.05, 0.1) is 114 Å². The van der Waals surface area contributed by atoms with Gasteiger partial charge in [-0.3, -0.25) is 52.6 Å². The Hall–Kier alpha value is -15.5. The second kappa shape index (κ2) is 35.5. The van der Waals surface area contributed by atoms with Gasteiger partial charge in [0.15, 0.2) is 75.6 Å². The topological polar surface area (TPSA) is 333 Å². The number of hydrogen-bond donors (Lipinski definition) is 4. The van der Waals surface area contributed by atoms with Crippen molar-refractivity contribution >= 4 is 91.1 Å². The molecule has 4 unspecified atom stereocenters. The van der Waals surface area contributed by atoms with Gasteiger partial charge < -0.3 is 59.7 Å². The molecule has 4 N–H and O–H groups in total. The van der Waals surface area contributed by atoms with Crippen molar-refractivity contribution in [2.45, 2.75) is 111 Å². The summed E-state index contributed by atoms with van der Waals surface area (Å²) in [5, 5.41) is 33.3. The van der Waals surface area contributed by atoms with Gasteiger partial charge in [0.1, 0.15) is 69.9 Å². The van der Waals surface area contributed by atoms with E-state index in [-0.39, 0.29) is 133 Å². The molecule has 6 aliphatic heterocycles. The molecule has 4 atom stereocenters. The number of phenolic OH excluding ortho intramolecular Hbond substituents is 3. The van der Waals surface area contributed by atoms with Gasteiger partial charge in [0.2, 0.25) is 23.6 Å². The Kier molecular flexibility index (Phi) is 24.5. The largest absolute Gasteiger partial charge is 0.507 e. The number of aryl methyl sites for hydroxylation is 3. The highest BCUT2D eigenvalue weighted by atomic mass is 19.2. The lowest BCUT2D eigenvalue weighted by molar-refractivity contribution is -0.129. The van der Waals surface area contributed by atoms with Gasteiger partial charge >= 0.3 is 17.1 Å². The normalized spacial score (nSPS) is 16.7. The molecule has 12 heterocycles. The number of phenols is 3. The molecule has 6 aromatic heterocycles. The minimum atomic E-state index is -1.75. The fourth-order valence-corrected chi connectivity index (χ4v) is 18.7. The Bertz CT molecular complexity index is 7440. The number of anilines is 5. The smallest absolute Gasteiger partial charge is 0.354 e. The van der Waals surface area contributed by atoms with E-state index in [0.29, 0.717) is 52.0 Å². The quantitative estimate of drug-likeness (QED) is 0.0652. The van der Waals surface area contributed by atoms with Crippen molar-refractivity contribution in [3.63, 3.8) is 0 Å². The number of pyridine rings is 3. The Morgan fingerprint density at radius 1 is 0.441 bits per heavy atom. The monoisotopic (exact) mass is 1880 g/mol. The van der Waals surface area contributed by atoms with Gasteiger partial charge in [0, 0.05) is 70.9 Å². The number of ether oxygens (including phenoxy) is 1. The first-order valence-corrected chi connectivity index (χ1v) is 42.6. The molecule has 0 spiro atoms. The molecule has 6 aliphatic rings. The van der Waals surface area contributed by atoms with E-state index >= 15 is 39.5 Å². The number of carbonyl (C=O) groups is 5. The summed E-state index contributed by atoms with van der Waals surface area (Å²) in [4.78, 5) is 143. The van der Waals surface area contributed by atoms with Gasteiger partial charge in [-0.15, -0.1) is 0 Å². The first-order valence-electron chi connectivity index (χ1n) is 42.6. The molecule has 12 aromatic rings. The second-order valence-electron chi connectivity index (χ2n) is 34.2. The zero-order chi connectivity index (χ0) is 98.3. The molecule has 29 nitrogen and oxygen atoms in total. The minimum Gasteiger partial charge on any atom is -0.507 e. The number of aromatic hydroxyl groups is 3. The molecule has 3 saturated heterocycles. The predicted octanol–water partition coefficient (Wildman–Crippen LogP) is 13.7. The number of benzene rings is 6. The van der Waals surface area contributed by atoms with Crippen molar-refractivity contribution < 1.29 is 96.7 Å². The van der Waals surface area contributed by atoms with E-state index < -0.39 is 219 Å². The molecule has 0 aliphatic carbocycles. The van der Waals surface area contributed by atoms with Crippen LogP contribution in [0, 0.1) is 90.6 Å². The standard InChI is InChI=1S/C32H28F4N6O4.C32H29F4N5O4.C31H26F4N6O4/c1-6-19(44)40-11-12-41-17(13-40)31(45)39(5)28-22-29(25(36)21(24(28)35)20-18(43)8-7-16(33)23(20)34)42(32(46)38-30(22)41)27-15(4)9-10-37-26(27)14(2)3;1-6-20(43)39-11-16(5)40-17(12-39)13-45-30-23-29(25(35)22(26(30)36)21-19(42)8-7-18(33)24(21)34)41(32(44)38-31(23)40)28-15(4)9-10-37-27(28)14(2)3;1-5-18(43)39-10-11-40-16(12-39)30(44)37-26-21-28(24(35)20(23(26)34)19-17(42)7-6-15(32)22(19)33)41(31(45)38-29(21)40)27-14(4)8-9-36-25(27)13(2)3/h6-10,14,17,43H,1,11-13H2,2-5H3;6-10,14,16-17,42H,1,11-13H2,2-5H3;5-9,13,16,42H,1,10-12H2,2-4H3,(H,37,44). The van der Waals surface area contributed by atoms with Crippen LogP contribution in [0.15, 0.2) is 126 Å². The van der Waals surface area contributed by atoms with Gasteiger partial charge in [-0.25, -0.2) is 67.1 Å². The third-order valence-electron chi connectivity index (χ3n) is 25.0. The van der Waals surface area contributed by atoms with Crippen LogP contribution in [0.5, 0.6) is 23.0 Å². The fourth-order valence-electron chi connectivity index (χ4n) is 18.7. The maximum atomic E-state index is 17.2. The molecule has 0 radical (unpaired) electrons. The maximum Gasteiger partial charge on any atom is 0.354 e. The third kappa shape index (κ3) is 15.0. The van der Waals surface area contributed by atoms with Gasteiger partial charge in [-0.1, -0.05) is 61.3 Å². The average molecular weight is 1880 g/mol. The molecule has 136 heavy (non-hydrogen) atoms. The number of fused-ring (bicyclic) bond motifs is 6. The highest BCUT2D eigenvalue weighted by molar-refractivity contribution is 6.16. The lowest BCUT2D eigenvalue weighted by Crippen LogP contribution is -2.61. The molecule has 704 valence electrons. The van der Waals surface area contributed by atoms with Crippen LogP contribution in [0.1, 0.15) is 100.0 Å². The minimum absolute atomic E-state index is 0.0394. The highest BCUT2D eigenvalue weighted by Crippen LogP contribution is 2.53. The molecule has 5 amide bonds. The number of carbonyl (C=O) groups excluding carboxylic acids is 5. The number of aromatic nitrogens is 9. The predicted molar refractivity (Wildman–Crippen MR) is 479 cm³/mol. The Morgan fingerprint density at radius 2 is 0.816 bits per heavy atom. The molecule has 6 aromatic carbocycles. The summed E-state index contributed by atoms with van der Waals surface area (Å²) < 4.78 is 199. The average Bonchev–Trinajstić information content (AvgIpc) is 1.40. The lowest BCUT2D eigenvalue weighted by Gasteiger charge is -2.45. The maximum absolute atomic E-state index is 17.2. The van der Waals surface area contributed by atoms with Gasteiger partial charge in [0.25, 0.3) is 5.91 Å². The number of rotatable bonds is 12. The third-order valence-corrected chi connectivity index (χ3v) is 25.0.